The first kappa shape index (κ1) is 9.29. The fourth-order valence-electron chi connectivity index (χ4n) is 1.33. The molecule has 3 rings (SSSR count). The summed E-state index contributed by atoms with van der Waals surface area (Å²) in [5, 5.41) is 18.8. The fraction of sp³-hybridized carbons (Fsp3) is 0. The number of H-pyrrole nitrogens is 2. The second-order valence-electron chi connectivity index (χ2n) is 3.17. The number of rotatable bonds is 2. The van der Waals surface area contributed by atoms with Gasteiger partial charge < -0.3 is 9.51 Å². The maximum Gasteiger partial charge on any atom is 0.259 e. The van der Waals surface area contributed by atoms with E-state index in [2.05, 4.69) is 30.3 Å². The third-order valence-corrected chi connectivity index (χ3v) is 2.10. The van der Waals surface area contributed by atoms with E-state index in [1.165, 1.54) is 6.33 Å². The summed E-state index contributed by atoms with van der Waals surface area (Å²) in [6.07, 6.45) is 2.98. The van der Waals surface area contributed by atoms with Crippen molar-refractivity contribution in [3.63, 3.8) is 0 Å². The van der Waals surface area contributed by atoms with Crippen LogP contribution in [-0.4, -0.2) is 30.3 Å². The van der Waals surface area contributed by atoms with E-state index >= 15 is 0 Å². The maximum absolute atomic E-state index is 8.68. The Kier molecular flexibility index (Phi) is 1.95. The zero-order valence-electron chi connectivity index (χ0n) is 8.38. The Balaban J connectivity index is 1.98. The van der Waals surface area contributed by atoms with Crippen LogP contribution in [0.4, 0.5) is 0 Å². The summed E-state index contributed by atoms with van der Waals surface area (Å²) >= 11 is 0. The topological polar surface area (TPSA) is 120 Å². The predicted octanol–water partition coefficient (Wildman–Crippen LogP) is 0.721. The third kappa shape index (κ3) is 1.55. The Labute approximate surface area is 94.3 Å². The summed E-state index contributed by atoms with van der Waals surface area (Å²) in [5.74, 6) is 1.06. The van der Waals surface area contributed by atoms with Gasteiger partial charge in [-0.15, -0.1) is 0 Å². The molecule has 0 unspecified atom stereocenters. The molecule has 0 aromatic carbocycles. The predicted molar refractivity (Wildman–Crippen MR) is 54.2 cm³/mol. The fourth-order valence-corrected chi connectivity index (χ4v) is 1.33. The first-order valence-corrected chi connectivity index (χ1v) is 4.65. The average Bonchev–Trinajstić information content (AvgIpc) is 3.09. The molecular weight excluding hydrogens is 222 g/mol. The molecule has 8 nitrogen and oxygen atoms in total. The first-order chi connectivity index (χ1) is 8.36. The molecule has 0 atom stereocenters. The van der Waals surface area contributed by atoms with Crippen LogP contribution in [0.25, 0.3) is 23.1 Å². The van der Waals surface area contributed by atoms with Gasteiger partial charge in [-0.3, -0.25) is 5.10 Å². The van der Waals surface area contributed by atoms with Crippen LogP contribution in [0.3, 0.4) is 0 Å². The number of aromatic nitrogens is 6. The van der Waals surface area contributed by atoms with Crippen LogP contribution in [0, 0.1) is 11.3 Å². The van der Waals surface area contributed by atoms with Gasteiger partial charge in [-0.1, -0.05) is 5.16 Å². The molecular formula is C9H5N7O. The second kappa shape index (κ2) is 3.57. The van der Waals surface area contributed by atoms with Gasteiger partial charge in [0.15, 0.2) is 5.82 Å². The van der Waals surface area contributed by atoms with Crippen molar-refractivity contribution in [3.8, 4) is 29.2 Å². The third-order valence-electron chi connectivity index (χ3n) is 2.10. The Morgan fingerprint density at radius 3 is 3.06 bits per heavy atom. The zero-order valence-corrected chi connectivity index (χ0v) is 8.38. The zero-order chi connectivity index (χ0) is 11.7. The van der Waals surface area contributed by atoms with Crippen LogP contribution in [0.5, 0.6) is 0 Å². The summed E-state index contributed by atoms with van der Waals surface area (Å²) in [7, 11) is 0. The van der Waals surface area contributed by atoms with E-state index in [9.17, 15) is 0 Å². The van der Waals surface area contributed by atoms with Crippen LogP contribution >= 0.6 is 0 Å². The van der Waals surface area contributed by atoms with Gasteiger partial charge in [-0.2, -0.15) is 15.3 Å². The Hall–Kier alpha value is -2.95. The van der Waals surface area contributed by atoms with Gasteiger partial charge >= 0.3 is 0 Å². The summed E-state index contributed by atoms with van der Waals surface area (Å²) in [6, 6.07) is 3.60. The molecule has 0 saturated heterocycles. The number of hydrogen-bond acceptors (Lipinski definition) is 6. The molecule has 0 saturated carbocycles. The highest BCUT2D eigenvalue weighted by Crippen LogP contribution is 2.20. The summed E-state index contributed by atoms with van der Waals surface area (Å²) in [4.78, 5) is 10.8. The molecule has 2 N–H and O–H groups in total. The van der Waals surface area contributed by atoms with Crippen molar-refractivity contribution >= 4 is 0 Å². The van der Waals surface area contributed by atoms with Crippen LogP contribution in [0.15, 0.2) is 23.1 Å². The van der Waals surface area contributed by atoms with Crippen molar-refractivity contribution in [2.24, 2.45) is 0 Å². The molecule has 0 aliphatic heterocycles. The minimum Gasteiger partial charge on any atom is -0.352 e. The lowest BCUT2D eigenvalue weighted by Crippen LogP contribution is -1.83. The van der Waals surface area contributed by atoms with Crippen LogP contribution < -0.4 is 0 Å². The largest absolute Gasteiger partial charge is 0.352 e. The molecule has 0 spiro atoms. The Morgan fingerprint density at radius 1 is 1.41 bits per heavy atom. The average molecular weight is 227 g/mol. The summed E-state index contributed by atoms with van der Waals surface area (Å²) in [6.45, 7) is 0. The van der Waals surface area contributed by atoms with E-state index in [1.54, 1.807) is 12.3 Å². The summed E-state index contributed by atoms with van der Waals surface area (Å²) in [5.41, 5.74) is 1.08. The standard InChI is InChI=1S/C9H5N7O/c10-2-6-1-5(3-11-6)9-14-8(16-17-9)7-12-4-13-15-7/h1,3-4,11H,(H,12,13,15). The first-order valence-electron chi connectivity index (χ1n) is 4.65. The number of nitrogens with one attached hydrogen (secondary N) is 2. The minimum atomic E-state index is 0.314. The lowest BCUT2D eigenvalue weighted by Gasteiger charge is -1.83. The highest BCUT2D eigenvalue weighted by Gasteiger charge is 2.13. The van der Waals surface area contributed by atoms with Gasteiger partial charge in [0.1, 0.15) is 18.1 Å². The second-order valence-corrected chi connectivity index (χ2v) is 3.17. The maximum atomic E-state index is 8.68. The lowest BCUT2D eigenvalue weighted by atomic mass is 10.3. The Bertz CT molecular complexity index is 672. The van der Waals surface area contributed by atoms with Crippen molar-refractivity contribution in [2.75, 3.05) is 0 Å². The number of hydrogen-bond donors (Lipinski definition) is 2. The summed E-state index contributed by atoms with van der Waals surface area (Å²) < 4.78 is 5.05. The number of nitriles is 1. The van der Waals surface area contributed by atoms with Crippen molar-refractivity contribution in [1.29, 1.82) is 5.26 Å². The quantitative estimate of drug-likeness (QED) is 0.665. The molecule has 0 radical (unpaired) electrons. The van der Waals surface area contributed by atoms with Gasteiger partial charge in [-0.25, -0.2) is 4.98 Å². The molecule has 3 heterocycles. The van der Waals surface area contributed by atoms with Crippen LogP contribution in [0.2, 0.25) is 0 Å². The van der Waals surface area contributed by atoms with E-state index < -0.39 is 0 Å². The highest BCUT2D eigenvalue weighted by atomic mass is 16.5. The highest BCUT2D eigenvalue weighted by molar-refractivity contribution is 5.57. The van der Waals surface area contributed by atoms with Crippen molar-refractivity contribution in [3.05, 3.63) is 24.3 Å². The molecule has 0 aliphatic rings. The van der Waals surface area contributed by atoms with Gasteiger partial charge in [0.05, 0.1) is 5.56 Å². The minimum absolute atomic E-state index is 0.314. The van der Waals surface area contributed by atoms with Crippen LogP contribution in [-0.2, 0) is 0 Å². The molecule has 82 valence electrons. The van der Waals surface area contributed by atoms with Crippen molar-refractivity contribution < 1.29 is 4.52 Å². The number of aromatic amines is 2. The number of nitrogens with zero attached hydrogens (tertiary/aromatic N) is 5. The molecule has 0 fully saturated rings. The molecule has 3 aromatic heterocycles. The van der Waals surface area contributed by atoms with E-state index in [1.807, 2.05) is 6.07 Å². The SMILES string of the molecule is N#Cc1cc(-c2nc(-c3ncn[nH]3)no2)c[nH]1. The molecule has 8 heteroatoms. The van der Waals surface area contributed by atoms with Gasteiger partial charge in [0.25, 0.3) is 5.89 Å². The van der Waals surface area contributed by atoms with Gasteiger partial charge in [0.2, 0.25) is 5.82 Å². The van der Waals surface area contributed by atoms with Crippen molar-refractivity contribution in [2.45, 2.75) is 0 Å². The smallest absolute Gasteiger partial charge is 0.259 e. The molecule has 0 bridgehead atoms. The monoisotopic (exact) mass is 227 g/mol. The van der Waals surface area contributed by atoms with Gasteiger partial charge in [0, 0.05) is 6.20 Å². The van der Waals surface area contributed by atoms with E-state index in [0.29, 0.717) is 28.8 Å². The van der Waals surface area contributed by atoms with E-state index in [-0.39, 0.29) is 0 Å². The van der Waals surface area contributed by atoms with Gasteiger partial charge in [-0.05, 0) is 6.07 Å². The Morgan fingerprint density at radius 2 is 2.35 bits per heavy atom. The van der Waals surface area contributed by atoms with Crippen LogP contribution in [0.1, 0.15) is 5.69 Å². The normalized spacial score (nSPS) is 10.3. The van der Waals surface area contributed by atoms with Crippen molar-refractivity contribution in [1.82, 2.24) is 30.3 Å². The molecule has 0 aliphatic carbocycles. The van der Waals surface area contributed by atoms with E-state index in [4.69, 9.17) is 9.78 Å². The lowest BCUT2D eigenvalue weighted by molar-refractivity contribution is 0.432. The molecule has 3 aromatic rings. The van der Waals surface area contributed by atoms with E-state index in [0.717, 1.165) is 0 Å². The molecule has 0 amide bonds. The molecule has 17 heavy (non-hydrogen) atoms.